The van der Waals surface area contributed by atoms with Crippen molar-refractivity contribution in [2.24, 2.45) is 5.73 Å². The lowest BCUT2D eigenvalue weighted by atomic mass is 9.94. The highest BCUT2D eigenvalue weighted by molar-refractivity contribution is 5.85. The summed E-state index contributed by atoms with van der Waals surface area (Å²) in [5.41, 5.74) is 7.23. The molecule has 1 saturated carbocycles. The van der Waals surface area contributed by atoms with Crippen LogP contribution in [0.15, 0.2) is 30.3 Å². The minimum absolute atomic E-state index is 0. The summed E-state index contributed by atoms with van der Waals surface area (Å²) in [6.45, 7) is 3.01. The van der Waals surface area contributed by atoms with Crippen LogP contribution in [0.1, 0.15) is 44.1 Å². The minimum Gasteiger partial charge on any atom is -0.446 e. The molecule has 140 valence electrons. The molecule has 0 unspecified atom stereocenters. The number of amides is 1. The van der Waals surface area contributed by atoms with Gasteiger partial charge in [-0.3, -0.25) is 4.90 Å². The number of carbonyl (C=O) groups excluding carboxylic acids is 1. The van der Waals surface area contributed by atoms with E-state index in [9.17, 15) is 4.79 Å². The van der Waals surface area contributed by atoms with Crippen molar-refractivity contribution in [3.05, 3.63) is 35.9 Å². The molecule has 0 bridgehead atoms. The fourth-order valence-corrected chi connectivity index (χ4v) is 3.64. The predicted molar refractivity (Wildman–Crippen MR) is 102 cm³/mol. The van der Waals surface area contributed by atoms with E-state index in [1.54, 1.807) is 0 Å². The smallest absolute Gasteiger partial charge is 0.407 e. The van der Waals surface area contributed by atoms with E-state index in [1.807, 2.05) is 6.07 Å². The van der Waals surface area contributed by atoms with Gasteiger partial charge in [-0.15, -0.1) is 12.4 Å². The minimum atomic E-state index is -0.253. The second-order valence-corrected chi connectivity index (χ2v) is 7.12. The number of piperidine rings is 1. The van der Waals surface area contributed by atoms with Crippen LogP contribution in [0.2, 0.25) is 0 Å². The molecule has 1 aromatic carbocycles. The Labute approximate surface area is 156 Å². The van der Waals surface area contributed by atoms with Crippen molar-refractivity contribution in [2.75, 3.05) is 13.1 Å². The summed E-state index contributed by atoms with van der Waals surface area (Å²) >= 11 is 0. The Balaban J connectivity index is 0.00000225. The van der Waals surface area contributed by atoms with Gasteiger partial charge in [0.25, 0.3) is 0 Å². The third kappa shape index (κ3) is 6.49. The molecule has 0 radical (unpaired) electrons. The average molecular weight is 368 g/mol. The molecule has 6 heteroatoms. The number of carbonyl (C=O) groups is 1. The van der Waals surface area contributed by atoms with Crippen molar-refractivity contribution in [2.45, 2.75) is 63.3 Å². The zero-order valence-corrected chi connectivity index (χ0v) is 15.5. The van der Waals surface area contributed by atoms with Gasteiger partial charge in [0, 0.05) is 31.7 Å². The van der Waals surface area contributed by atoms with Crippen LogP contribution in [-0.2, 0) is 11.3 Å². The van der Waals surface area contributed by atoms with E-state index in [-0.39, 0.29) is 36.7 Å². The summed E-state index contributed by atoms with van der Waals surface area (Å²) < 4.78 is 5.55. The fraction of sp³-hybridized carbons (Fsp3) is 0.632. The fourth-order valence-electron chi connectivity index (χ4n) is 3.64. The molecule has 2 fully saturated rings. The van der Waals surface area contributed by atoms with Gasteiger partial charge >= 0.3 is 6.09 Å². The molecule has 0 aromatic heterocycles. The topological polar surface area (TPSA) is 67.6 Å². The Bertz CT molecular complexity index is 513. The standard InChI is InChI=1S/C19H29N3O2.ClH/c20-16-6-8-18(9-7-16)24-19(23)21-17-10-12-22(13-11-17)14-15-4-2-1-3-5-15;/h1-5,16-18H,6-14,20H2,(H,21,23);1H. The van der Waals surface area contributed by atoms with Gasteiger partial charge in [-0.05, 0) is 44.1 Å². The van der Waals surface area contributed by atoms with E-state index in [0.29, 0.717) is 0 Å². The van der Waals surface area contributed by atoms with Crippen LogP contribution in [-0.4, -0.2) is 42.3 Å². The second-order valence-electron chi connectivity index (χ2n) is 7.12. The van der Waals surface area contributed by atoms with Gasteiger partial charge in [0.15, 0.2) is 0 Å². The summed E-state index contributed by atoms with van der Waals surface area (Å²) in [5, 5.41) is 3.04. The lowest BCUT2D eigenvalue weighted by molar-refractivity contribution is 0.0662. The van der Waals surface area contributed by atoms with Gasteiger partial charge in [-0.2, -0.15) is 0 Å². The number of hydrogen-bond acceptors (Lipinski definition) is 4. The number of rotatable bonds is 4. The summed E-state index contributed by atoms with van der Waals surface area (Å²) in [6, 6.07) is 11.0. The number of ether oxygens (including phenoxy) is 1. The van der Waals surface area contributed by atoms with Gasteiger partial charge in [0.1, 0.15) is 6.10 Å². The molecule has 3 rings (SSSR count). The molecule has 1 amide bonds. The molecule has 1 saturated heterocycles. The Kier molecular flexibility index (Phi) is 8.00. The van der Waals surface area contributed by atoms with Crippen LogP contribution in [0.5, 0.6) is 0 Å². The molecular formula is C19H30ClN3O2. The van der Waals surface area contributed by atoms with E-state index >= 15 is 0 Å². The first-order valence-electron chi connectivity index (χ1n) is 9.18. The number of halogens is 1. The molecule has 5 nitrogen and oxygen atoms in total. The Morgan fingerprint density at radius 2 is 1.72 bits per heavy atom. The van der Waals surface area contributed by atoms with E-state index in [0.717, 1.165) is 58.2 Å². The van der Waals surface area contributed by atoms with Crippen molar-refractivity contribution in [3.63, 3.8) is 0 Å². The van der Waals surface area contributed by atoms with E-state index < -0.39 is 0 Å². The molecule has 25 heavy (non-hydrogen) atoms. The Hall–Kier alpha value is -1.30. The third-order valence-electron chi connectivity index (χ3n) is 5.15. The van der Waals surface area contributed by atoms with Crippen molar-refractivity contribution < 1.29 is 9.53 Å². The first-order valence-corrected chi connectivity index (χ1v) is 9.18. The molecule has 3 N–H and O–H groups in total. The number of nitrogens with two attached hydrogens (primary N) is 1. The van der Waals surface area contributed by atoms with Gasteiger partial charge in [-0.1, -0.05) is 30.3 Å². The number of hydrogen-bond donors (Lipinski definition) is 2. The van der Waals surface area contributed by atoms with Crippen molar-refractivity contribution in [1.82, 2.24) is 10.2 Å². The van der Waals surface area contributed by atoms with Crippen LogP contribution in [0.25, 0.3) is 0 Å². The number of likely N-dealkylation sites (tertiary alicyclic amines) is 1. The van der Waals surface area contributed by atoms with Crippen LogP contribution >= 0.6 is 12.4 Å². The SMILES string of the molecule is Cl.NC1CCC(OC(=O)NC2CCN(Cc3ccccc3)CC2)CC1. The second kappa shape index (κ2) is 10.00. The van der Waals surface area contributed by atoms with E-state index in [2.05, 4.69) is 34.5 Å². The zero-order chi connectivity index (χ0) is 16.8. The van der Waals surface area contributed by atoms with Gasteiger partial charge < -0.3 is 15.8 Å². The van der Waals surface area contributed by atoms with E-state index in [4.69, 9.17) is 10.5 Å². The molecule has 1 heterocycles. The van der Waals surface area contributed by atoms with E-state index in [1.165, 1.54) is 5.56 Å². The highest BCUT2D eigenvalue weighted by Gasteiger charge is 2.25. The summed E-state index contributed by atoms with van der Waals surface area (Å²) in [4.78, 5) is 14.5. The third-order valence-corrected chi connectivity index (χ3v) is 5.15. The number of nitrogens with one attached hydrogen (secondary N) is 1. The monoisotopic (exact) mass is 367 g/mol. The largest absolute Gasteiger partial charge is 0.446 e. The summed E-state index contributed by atoms with van der Waals surface area (Å²) in [7, 11) is 0. The quantitative estimate of drug-likeness (QED) is 0.858. The molecule has 0 atom stereocenters. The summed E-state index contributed by atoms with van der Waals surface area (Å²) in [6.07, 6.45) is 5.45. The first kappa shape index (κ1) is 20.0. The normalized spacial score (nSPS) is 25.0. The van der Waals surface area contributed by atoms with Crippen molar-refractivity contribution in [3.8, 4) is 0 Å². The van der Waals surface area contributed by atoms with Crippen LogP contribution in [0.4, 0.5) is 4.79 Å². The lowest BCUT2D eigenvalue weighted by Crippen LogP contribution is -2.45. The zero-order valence-electron chi connectivity index (χ0n) is 14.7. The number of benzene rings is 1. The van der Waals surface area contributed by atoms with Crippen LogP contribution in [0.3, 0.4) is 0 Å². The number of alkyl carbamates (subject to hydrolysis) is 1. The highest BCUT2D eigenvalue weighted by Crippen LogP contribution is 2.20. The van der Waals surface area contributed by atoms with Gasteiger partial charge in [0.05, 0.1) is 0 Å². The molecule has 0 spiro atoms. The molecule has 1 aliphatic heterocycles. The predicted octanol–water partition coefficient (Wildman–Crippen LogP) is 3.07. The number of nitrogens with zero attached hydrogens (tertiary/aromatic N) is 1. The maximum atomic E-state index is 12.1. The Morgan fingerprint density at radius 1 is 1.08 bits per heavy atom. The van der Waals surface area contributed by atoms with Gasteiger partial charge in [-0.25, -0.2) is 4.79 Å². The van der Waals surface area contributed by atoms with Crippen LogP contribution in [0, 0.1) is 0 Å². The van der Waals surface area contributed by atoms with Crippen molar-refractivity contribution in [1.29, 1.82) is 0 Å². The molecule has 2 aliphatic rings. The van der Waals surface area contributed by atoms with Gasteiger partial charge in [0.2, 0.25) is 0 Å². The van der Waals surface area contributed by atoms with Crippen LogP contribution < -0.4 is 11.1 Å². The van der Waals surface area contributed by atoms with Crippen molar-refractivity contribution >= 4 is 18.5 Å². The maximum Gasteiger partial charge on any atom is 0.407 e. The molecule has 1 aromatic rings. The highest BCUT2D eigenvalue weighted by atomic mass is 35.5. The summed E-state index contributed by atoms with van der Waals surface area (Å²) in [5.74, 6) is 0. The maximum absolute atomic E-state index is 12.1. The average Bonchev–Trinajstić information content (AvgIpc) is 2.60. The first-order chi connectivity index (χ1) is 11.7. The molecular weight excluding hydrogens is 338 g/mol. The molecule has 1 aliphatic carbocycles. The lowest BCUT2D eigenvalue weighted by Gasteiger charge is -2.33. The Morgan fingerprint density at radius 3 is 2.36 bits per heavy atom.